The smallest absolute Gasteiger partial charge is 0.223 e. The predicted molar refractivity (Wildman–Crippen MR) is 64.0 cm³/mol. The quantitative estimate of drug-likeness (QED) is 0.824. The topological polar surface area (TPSA) is 63.4 Å². The highest BCUT2D eigenvalue weighted by Crippen LogP contribution is 2.17. The summed E-state index contributed by atoms with van der Waals surface area (Å²) < 4.78 is 0. The number of primary amides is 1. The van der Waals surface area contributed by atoms with Crippen LogP contribution in [0, 0.1) is 5.92 Å². The fourth-order valence-electron chi connectivity index (χ4n) is 2.09. The van der Waals surface area contributed by atoms with E-state index in [1.165, 1.54) is 5.56 Å². The second-order valence-corrected chi connectivity index (χ2v) is 4.38. The monoisotopic (exact) mass is 232 g/mol. The van der Waals surface area contributed by atoms with Crippen molar-refractivity contribution < 1.29 is 9.59 Å². The summed E-state index contributed by atoms with van der Waals surface area (Å²) >= 11 is 0. The van der Waals surface area contributed by atoms with Crippen molar-refractivity contribution >= 4 is 11.8 Å². The fraction of sp³-hybridized carbons (Fsp3) is 0.385. The minimum Gasteiger partial charge on any atom is -0.369 e. The lowest BCUT2D eigenvalue weighted by atomic mass is 10.1. The first kappa shape index (κ1) is 11.6. The average Bonchev–Trinajstić information content (AvgIpc) is 2.70. The largest absolute Gasteiger partial charge is 0.369 e. The maximum absolute atomic E-state index is 11.6. The summed E-state index contributed by atoms with van der Waals surface area (Å²) in [5.41, 5.74) is 6.41. The molecule has 4 nitrogen and oxygen atoms in total. The average molecular weight is 232 g/mol. The number of hydrogen-bond acceptors (Lipinski definition) is 2. The Hall–Kier alpha value is -1.84. The Morgan fingerprint density at radius 2 is 2.06 bits per heavy atom. The van der Waals surface area contributed by atoms with Gasteiger partial charge in [-0.25, -0.2) is 0 Å². The van der Waals surface area contributed by atoms with Crippen LogP contribution in [0.25, 0.3) is 0 Å². The van der Waals surface area contributed by atoms with E-state index in [0.29, 0.717) is 13.1 Å². The summed E-state index contributed by atoms with van der Waals surface area (Å²) in [6.45, 7) is 1.13. The van der Waals surface area contributed by atoms with Crippen LogP contribution in [0.1, 0.15) is 12.0 Å². The van der Waals surface area contributed by atoms with E-state index in [-0.39, 0.29) is 24.2 Å². The molecule has 0 spiro atoms. The molecule has 0 bridgehead atoms. The molecule has 2 amide bonds. The molecule has 1 fully saturated rings. The molecular weight excluding hydrogens is 216 g/mol. The molecule has 0 radical (unpaired) electrons. The van der Waals surface area contributed by atoms with Gasteiger partial charge in [0.05, 0.1) is 5.92 Å². The SMILES string of the molecule is NC(=O)C1CC(=O)N(CCc2ccccc2)C1. The number of rotatable bonds is 4. The number of carbonyl (C=O) groups is 2. The molecule has 2 rings (SSSR count). The zero-order valence-electron chi connectivity index (χ0n) is 9.63. The molecule has 1 saturated heterocycles. The summed E-state index contributed by atoms with van der Waals surface area (Å²) in [6, 6.07) is 9.99. The second kappa shape index (κ2) is 4.99. The number of hydrogen-bond donors (Lipinski definition) is 1. The molecule has 0 aliphatic carbocycles. The van der Waals surface area contributed by atoms with Crippen molar-refractivity contribution in [2.75, 3.05) is 13.1 Å². The Morgan fingerprint density at radius 3 is 2.65 bits per heavy atom. The van der Waals surface area contributed by atoms with Gasteiger partial charge >= 0.3 is 0 Å². The van der Waals surface area contributed by atoms with Crippen molar-refractivity contribution in [1.82, 2.24) is 4.90 Å². The number of nitrogens with two attached hydrogens (primary N) is 1. The number of carbonyl (C=O) groups excluding carboxylic acids is 2. The lowest BCUT2D eigenvalue weighted by Crippen LogP contribution is -2.30. The third-order valence-electron chi connectivity index (χ3n) is 3.13. The highest BCUT2D eigenvalue weighted by Gasteiger charge is 2.32. The molecule has 90 valence electrons. The van der Waals surface area contributed by atoms with Crippen molar-refractivity contribution in [3.8, 4) is 0 Å². The van der Waals surface area contributed by atoms with Crippen LogP contribution < -0.4 is 5.73 Å². The minimum absolute atomic E-state index is 0.0322. The van der Waals surface area contributed by atoms with Crippen molar-refractivity contribution in [3.63, 3.8) is 0 Å². The van der Waals surface area contributed by atoms with Gasteiger partial charge in [0.25, 0.3) is 0 Å². The number of likely N-dealkylation sites (tertiary alicyclic amines) is 1. The Morgan fingerprint density at radius 1 is 1.35 bits per heavy atom. The van der Waals surface area contributed by atoms with Gasteiger partial charge < -0.3 is 10.6 Å². The van der Waals surface area contributed by atoms with Gasteiger partial charge in [0, 0.05) is 19.5 Å². The molecule has 1 aliphatic rings. The van der Waals surface area contributed by atoms with Crippen molar-refractivity contribution in [2.45, 2.75) is 12.8 Å². The molecular formula is C13H16N2O2. The molecule has 1 heterocycles. The van der Waals surface area contributed by atoms with Gasteiger partial charge in [-0.3, -0.25) is 9.59 Å². The van der Waals surface area contributed by atoms with Gasteiger partial charge in [-0.1, -0.05) is 30.3 Å². The van der Waals surface area contributed by atoms with Crippen LogP contribution in [-0.2, 0) is 16.0 Å². The Balaban J connectivity index is 1.88. The van der Waals surface area contributed by atoms with E-state index < -0.39 is 0 Å². The first-order chi connectivity index (χ1) is 8.16. The Labute approximate surface area is 100 Å². The van der Waals surface area contributed by atoms with Gasteiger partial charge in [-0.2, -0.15) is 0 Å². The minimum atomic E-state index is -0.374. The van der Waals surface area contributed by atoms with Crippen LogP contribution in [0.15, 0.2) is 30.3 Å². The lowest BCUT2D eigenvalue weighted by Gasteiger charge is -2.15. The highest BCUT2D eigenvalue weighted by molar-refractivity contribution is 5.88. The maximum atomic E-state index is 11.6. The summed E-state index contributed by atoms with van der Waals surface area (Å²) in [7, 11) is 0. The summed E-state index contributed by atoms with van der Waals surface area (Å²) in [5.74, 6) is -0.649. The van der Waals surface area contributed by atoms with Crippen LogP contribution in [0.2, 0.25) is 0 Å². The van der Waals surface area contributed by atoms with Crippen LogP contribution in [0.4, 0.5) is 0 Å². The highest BCUT2D eigenvalue weighted by atomic mass is 16.2. The third-order valence-corrected chi connectivity index (χ3v) is 3.13. The van der Waals surface area contributed by atoms with Gasteiger partial charge in [0.15, 0.2) is 0 Å². The van der Waals surface area contributed by atoms with Crippen LogP contribution >= 0.6 is 0 Å². The molecule has 1 atom stereocenters. The number of nitrogens with zero attached hydrogens (tertiary/aromatic N) is 1. The Kier molecular flexibility index (Phi) is 3.42. The van der Waals surface area contributed by atoms with E-state index in [0.717, 1.165) is 6.42 Å². The second-order valence-electron chi connectivity index (χ2n) is 4.38. The first-order valence-electron chi connectivity index (χ1n) is 5.78. The van der Waals surface area contributed by atoms with Gasteiger partial charge in [0.1, 0.15) is 0 Å². The molecule has 17 heavy (non-hydrogen) atoms. The van der Waals surface area contributed by atoms with Crippen LogP contribution in [0.3, 0.4) is 0 Å². The van der Waals surface area contributed by atoms with E-state index in [1.807, 2.05) is 30.3 Å². The van der Waals surface area contributed by atoms with E-state index in [2.05, 4.69) is 0 Å². The maximum Gasteiger partial charge on any atom is 0.223 e. The van der Waals surface area contributed by atoms with Crippen LogP contribution in [-0.4, -0.2) is 29.8 Å². The molecule has 4 heteroatoms. The summed E-state index contributed by atoms with van der Waals surface area (Å²) in [5, 5.41) is 0. The fourth-order valence-corrected chi connectivity index (χ4v) is 2.09. The van der Waals surface area contributed by atoms with Gasteiger partial charge in [-0.05, 0) is 12.0 Å². The first-order valence-corrected chi connectivity index (χ1v) is 5.78. The normalized spacial score (nSPS) is 19.6. The molecule has 1 unspecified atom stereocenters. The van der Waals surface area contributed by atoms with Crippen molar-refractivity contribution in [2.24, 2.45) is 11.7 Å². The van der Waals surface area contributed by atoms with Crippen LogP contribution in [0.5, 0.6) is 0 Å². The lowest BCUT2D eigenvalue weighted by molar-refractivity contribution is -0.128. The molecule has 1 aromatic rings. The molecule has 1 aromatic carbocycles. The molecule has 2 N–H and O–H groups in total. The molecule has 1 aliphatic heterocycles. The van der Waals surface area contributed by atoms with E-state index in [1.54, 1.807) is 4.90 Å². The zero-order valence-corrected chi connectivity index (χ0v) is 9.63. The molecule has 0 aromatic heterocycles. The van der Waals surface area contributed by atoms with Gasteiger partial charge in [-0.15, -0.1) is 0 Å². The van der Waals surface area contributed by atoms with Crippen molar-refractivity contribution in [1.29, 1.82) is 0 Å². The number of benzene rings is 1. The van der Waals surface area contributed by atoms with E-state index >= 15 is 0 Å². The van der Waals surface area contributed by atoms with E-state index in [9.17, 15) is 9.59 Å². The number of amides is 2. The predicted octanol–water partition coefficient (Wildman–Crippen LogP) is 0.563. The van der Waals surface area contributed by atoms with Crippen molar-refractivity contribution in [3.05, 3.63) is 35.9 Å². The summed E-state index contributed by atoms with van der Waals surface area (Å²) in [6.07, 6.45) is 1.09. The summed E-state index contributed by atoms with van der Waals surface area (Å²) in [4.78, 5) is 24.4. The molecule has 0 saturated carbocycles. The van der Waals surface area contributed by atoms with Gasteiger partial charge in [0.2, 0.25) is 11.8 Å². The standard InChI is InChI=1S/C13H16N2O2/c14-13(17)11-8-12(16)15(9-11)7-6-10-4-2-1-3-5-10/h1-5,11H,6-9H2,(H2,14,17). The van der Waals surface area contributed by atoms with E-state index in [4.69, 9.17) is 5.73 Å². The third kappa shape index (κ3) is 2.84. The zero-order chi connectivity index (χ0) is 12.3. The Bertz CT molecular complexity index is 417.